The first-order valence-electron chi connectivity index (χ1n) is 6.00. The number of aromatic carboxylic acids is 1. The van der Waals surface area contributed by atoms with Crippen molar-refractivity contribution in [1.29, 1.82) is 0 Å². The van der Waals surface area contributed by atoms with E-state index in [0.29, 0.717) is 11.3 Å². The lowest BCUT2D eigenvalue weighted by atomic mass is 10.1. The number of carboxylic acids is 1. The molecule has 1 heterocycles. The maximum atomic E-state index is 12.3. The second-order valence-corrected chi connectivity index (χ2v) is 4.38. The summed E-state index contributed by atoms with van der Waals surface area (Å²) in [7, 11) is 1.51. The molecular formula is C14H13N3O4. The Bertz CT molecular complexity index is 747. The van der Waals surface area contributed by atoms with Crippen LogP contribution < -0.4 is 16.2 Å². The molecule has 0 radical (unpaired) electrons. The summed E-state index contributed by atoms with van der Waals surface area (Å²) in [4.78, 5) is 37.8. The second-order valence-electron chi connectivity index (χ2n) is 4.38. The van der Waals surface area contributed by atoms with Crippen LogP contribution in [0.2, 0.25) is 0 Å². The van der Waals surface area contributed by atoms with Crippen molar-refractivity contribution in [1.82, 2.24) is 4.98 Å². The van der Waals surface area contributed by atoms with E-state index in [9.17, 15) is 14.4 Å². The van der Waals surface area contributed by atoms with Crippen LogP contribution in [0.25, 0.3) is 0 Å². The van der Waals surface area contributed by atoms with E-state index in [1.807, 2.05) is 0 Å². The van der Waals surface area contributed by atoms with Crippen LogP contribution in [-0.4, -0.2) is 29.0 Å². The van der Waals surface area contributed by atoms with Gasteiger partial charge in [-0.3, -0.25) is 9.59 Å². The Kier molecular flexibility index (Phi) is 3.75. The van der Waals surface area contributed by atoms with E-state index in [4.69, 9.17) is 10.8 Å². The van der Waals surface area contributed by atoms with Crippen LogP contribution in [0.5, 0.6) is 0 Å². The van der Waals surface area contributed by atoms with Gasteiger partial charge in [0.25, 0.3) is 5.91 Å². The third-order valence-electron chi connectivity index (χ3n) is 2.97. The zero-order chi connectivity index (χ0) is 15.6. The SMILES string of the molecule is CN(C(=O)c1ccc(=O)[nH]c1)c1ccc(C(=O)O)cc1N. The molecule has 7 heteroatoms. The average molecular weight is 287 g/mol. The standard InChI is InChI=1S/C14H13N3O4/c1-17(13(19)9-3-5-12(18)16-7-9)11-4-2-8(14(20)21)6-10(11)15/h2-7H,15H2,1H3,(H,16,18)(H,20,21). The number of benzene rings is 1. The number of carboxylic acid groups (broad SMARTS) is 1. The molecule has 0 atom stereocenters. The molecule has 2 rings (SSSR count). The number of hydrogen-bond donors (Lipinski definition) is 3. The number of nitrogens with one attached hydrogen (secondary N) is 1. The van der Waals surface area contributed by atoms with Gasteiger partial charge in [0, 0.05) is 19.3 Å². The largest absolute Gasteiger partial charge is 0.478 e. The van der Waals surface area contributed by atoms with Crippen LogP contribution in [0, 0.1) is 0 Å². The molecule has 2 aromatic rings. The summed E-state index contributed by atoms with van der Waals surface area (Å²) in [5.41, 5.74) is 6.37. The minimum atomic E-state index is -1.09. The Morgan fingerprint density at radius 1 is 1.19 bits per heavy atom. The molecule has 21 heavy (non-hydrogen) atoms. The number of aromatic amines is 1. The van der Waals surface area contributed by atoms with Gasteiger partial charge in [0.1, 0.15) is 0 Å². The summed E-state index contributed by atoms with van der Waals surface area (Å²) in [5, 5.41) is 8.88. The van der Waals surface area contributed by atoms with Crippen LogP contribution >= 0.6 is 0 Å². The van der Waals surface area contributed by atoms with Crippen molar-refractivity contribution in [2.75, 3.05) is 17.7 Å². The van der Waals surface area contributed by atoms with Gasteiger partial charge in [-0.2, -0.15) is 0 Å². The molecule has 4 N–H and O–H groups in total. The van der Waals surface area contributed by atoms with Gasteiger partial charge in [-0.25, -0.2) is 4.79 Å². The summed E-state index contributed by atoms with van der Waals surface area (Å²) in [6.07, 6.45) is 1.31. The average Bonchev–Trinajstić information content (AvgIpc) is 2.46. The highest BCUT2D eigenvalue weighted by molar-refractivity contribution is 6.07. The Labute approximate surface area is 119 Å². The van der Waals surface area contributed by atoms with E-state index in [2.05, 4.69) is 4.98 Å². The normalized spacial score (nSPS) is 10.1. The first kappa shape index (κ1) is 14.3. The molecule has 0 aliphatic rings. The fourth-order valence-electron chi connectivity index (χ4n) is 1.84. The van der Waals surface area contributed by atoms with Crippen LogP contribution in [0.4, 0.5) is 11.4 Å². The van der Waals surface area contributed by atoms with E-state index in [1.54, 1.807) is 0 Å². The first-order chi connectivity index (χ1) is 9.90. The molecular weight excluding hydrogens is 274 g/mol. The Hall–Kier alpha value is -3.09. The smallest absolute Gasteiger partial charge is 0.335 e. The van der Waals surface area contributed by atoms with Crippen LogP contribution in [-0.2, 0) is 0 Å². The van der Waals surface area contributed by atoms with Crippen LogP contribution in [0.15, 0.2) is 41.3 Å². The van der Waals surface area contributed by atoms with Crippen molar-refractivity contribution < 1.29 is 14.7 Å². The number of amides is 1. The van der Waals surface area contributed by atoms with Gasteiger partial charge in [0.15, 0.2) is 0 Å². The molecule has 0 fully saturated rings. The second kappa shape index (κ2) is 5.49. The highest BCUT2D eigenvalue weighted by Crippen LogP contribution is 2.24. The molecule has 0 aliphatic heterocycles. The van der Waals surface area contributed by atoms with Crippen molar-refractivity contribution in [3.05, 3.63) is 58.0 Å². The molecule has 7 nitrogen and oxygen atoms in total. The maximum absolute atomic E-state index is 12.3. The highest BCUT2D eigenvalue weighted by Gasteiger charge is 2.17. The van der Waals surface area contributed by atoms with E-state index in [0.717, 1.165) is 0 Å². The number of aromatic nitrogens is 1. The maximum Gasteiger partial charge on any atom is 0.335 e. The molecule has 108 valence electrons. The zero-order valence-corrected chi connectivity index (χ0v) is 11.2. The molecule has 1 aromatic carbocycles. The van der Waals surface area contributed by atoms with E-state index in [-0.39, 0.29) is 22.7 Å². The van der Waals surface area contributed by atoms with Crippen LogP contribution in [0.3, 0.4) is 0 Å². The minimum absolute atomic E-state index is 0.0427. The monoisotopic (exact) mass is 287 g/mol. The first-order valence-corrected chi connectivity index (χ1v) is 6.00. The summed E-state index contributed by atoms with van der Waals surface area (Å²) >= 11 is 0. The number of pyridine rings is 1. The predicted octanol–water partition coefficient (Wildman–Crippen LogP) is 0.932. The summed E-state index contributed by atoms with van der Waals surface area (Å²) in [5.74, 6) is -1.47. The lowest BCUT2D eigenvalue weighted by Crippen LogP contribution is -2.27. The highest BCUT2D eigenvalue weighted by atomic mass is 16.4. The molecule has 0 spiro atoms. The van der Waals surface area contributed by atoms with Crippen LogP contribution in [0.1, 0.15) is 20.7 Å². The Morgan fingerprint density at radius 3 is 2.38 bits per heavy atom. The predicted molar refractivity (Wildman–Crippen MR) is 77.6 cm³/mol. The zero-order valence-electron chi connectivity index (χ0n) is 11.2. The fourth-order valence-corrected chi connectivity index (χ4v) is 1.84. The third-order valence-corrected chi connectivity index (χ3v) is 2.97. The third kappa shape index (κ3) is 2.92. The summed E-state index contributed by atoms with van der Waals surface area (Å²) in [6.45, 7) is 0. The molecule has 0 aliphatic carbocycles. The van der Waals surface area contributed by atoms with Gasteiger partial charge in [0.2, 0.25) is 5.56 Å². The Morgan fingerprint density at radius 2 is 1.86 bits per heavy atom. The van der Waals surface area contributed by atoms with Gasteiger partial charge in [-0.05, 0) is 24.3 Å². The van der Waals surface area contributed by atoms with Crippen molar-refractivity contribution in [3.8, 4) is 0 Å². The molecule has 0 bridgehead atoms. The number of carbonyl (C=O) groups is 2. The Balaban J connectivity index is 2.33. The molecule has 0 saturated carbocycles. The number of nitrogens with two attached hydrogens (primary N) is 1. The molecule has 0 unspecified atom stereocenters. The van der Waals surface area contributed by atoms with Gasteiger partial charge >= 0.3 is 5.97 Å². The minimum Gasteiger partial charge on any atom is -0.478 e. The van der Waals surface area contributed by atoms with Crippen molar-refractivity contribution in [3.63, 3.8) is 0 Å². The number of nitrogens with zero attached hydrogens (tertiary/aromatic N) is 1. The number of hydrogen-bond acceptors (Lipinski definition) is 4. The van der Waals surface area contributed by atoms with E-state index < -0.39 is 5.97 Å². The number of nitrogen functional groups attached to an aromatic ring is 1. The van der Waals surface area contributed by atoms with Gasteiger partial charge in [-0.1, -0.05) is 0 Å². The van der Waals surface area contributed by atoms with E-state index in [1.165, 1.54) is 48.5 Å². The lowest BCUT2D eigenvalue weighted by Gasteiger charge is -2.19. The number of anilines is 2. The lowest BCUT2D eigenvalue weighted by molar-refractivity contribution is 0.0697. The topological polar surface area (TPSA) is 116 Å². The van der Waals surface area contributed by atoms with Crippen molar-refractivity contribution in [2.45, 2.75) is 0 Å². The summed E-state index contributed by atoms with van der Waals surface area (Å²) < 4.78 is 0. The van der Waals surface area contributed by atoms with Crippen molar-refractivity contribution in [2.24, 2.45) is 0 Å². The summed E-state index contributed by atoms with van der Waals surface area (Å²) in [6, 6.07) is 6.76. The number of carbonyl (C=O) groups excluding carboxylic acids is 1. The number of H-pyrrole nitrogens is 1. The number of rotatable bonds is 3. The van der Waals surface area contributed by atoms with Gasteiger partial charge < -0.3 is 20.7 Å². The quantitative estimate of drug-likeness (QED) is 0.726. The molecule has 0 saturated heterocycles. The fraction of sp³-hybridized carbons (Fsp3) is 0.0714. The van der Waals surface area contributed by atoms with Gasteiger partial charge in [-0.15, -0.1) is 0 Å². The molecule has 1 aromatic heterocycles. The van der Waals surface area contributed by atoms with Crippen molar-refractivity contribution >= 4 is 23.3 Å². The van der Waals surface area contributed by atoms with E-state index >= 15 is 0 Å². The van der Waals surface area contributed by atoms with Gasteiger partial charge in [0.05, 0.1) is 22.5 Å². The molecule has 1 amide bonds.